The third kappa shape index (κ3) is 4.78. The molecule has 0 saturated heterocycles. The van der Waals surface area contributed by atoms with Crippen molar-refractivity contribution in [2.75, 3.05) is 5.32 Å². The molecule has 0 fully saturated rings. The summed E-state index contributed by atoms with van der Waals surface area (Å²) in [4.78, 5) is 23.1. The van der Waals surface area contributed by atoms with Gasteiger partial charge in [-0.05, 0) is 35.9 Å². The molecule has 0 aliphatic carbocycles. The van der Waals surface area contributed by atoms with Crippen molar-refractivity contribution in [2.45, 2.75) is 0 Å². The second kappa shape index (κ2) is 7.46. The number of hydrazone groups is 1. The van der Waals surface area contributed by atoms with Crippen molar-refractivity contribution in [1.82, 2.24) is 5.43 Å². The summed E-state index contributed by atoms with van der Waals surface area (Å²) in [5.41, 5.74) is 3.04. The molecular formula is C15H11BrFN3O2. The summed E-state index contributed by atoms with van der Waals surface area (Å²) >= 11 is 3.31. The Morgan fingerprint density at radius 2 is 1.86 bits per heavy atom. The first-order valence-electron chi connectivity index (χ1n) is 6.20. The third-order valence-electron chi connectivity index (χ3n) is 2.52. The Kier molecular flexibility index (Phi) is 5.37. The monoisotopic (exact) mass is 363 g/mol. The normalized spacial score (nSPS) is 10.5. The third-order valence-corrected chi connectivity index (χ3v) is 3.01. The van der Waals surface area contributed by atoms with Crippen LogP contribution in [0.15, 0.2) is 58.1 Å². The lowest BCUT2D eigenvalue weighted by molar-refractivity contribution is -0.136. The van der Waals surface area contributed by atoms with Crippen LogP contribution in [-0.4, -0.2) is 18.0 Å². The summed E-state index contributed by atoms with van der Waals surface area (Å²) in [7, 11) is 0. The van der Waals surface area contributed by atoms with Crippen LogP contribution in [0.4, 0.5) is 10.1 Å². The number of anilines is 1. The van der Waals surface area contributed by atoms with E-state index in [1.165, 1.54) is 24.4 Å². The molecule has 0 radical (unpaired) electrons. The van der Waals surface area contributed by atoms with Gasteiger partial charge in [0.1, 0.15) is 5.82 Å². The van der Waals surface area contributed by atoms with Gasteiger partial charge < -0.3 is 5.32 Å². The van der Waals surface area contributed by atoms with Crippen molar-refractivity contribution < 1.29 is 14.0 Å². The number of carbonyl (C=O) groups is 2. The average molecular weight is 364 g/mol. The van der Waals surface area contributed by atoms with Gasteiger partial charge in [-0.2, -0.15) is 5.10 Å². The van der Waals surface area contributed by atoms with Crippen LogP contribution in [0.1, 0.15) is 5.56 Å². The molecule has 0 aromatic heterocycles. The molecule has 5 nitrogen and oxygen atoms in total. The van der Waals surface area contributed by atoms with Gasteiger partial charge in [-0.3, -0.25) is 9.59 Å². The van der Waals surface area contributed by atoms with E-state index in [9.17, 15) is 14.0 Å². The lowest BCUT2D eigenvalue weighted by Crippen LogP contribution is -2.32. The van der Waals surface area contributed by atoms with Gasteiger partial charge in [-0.1, -0.05) is 34.1 Å². The van der Waals surface area contributed by atoms with Crippen LogP contribution in [0.3, 0.4) is 0 Å². The average Bonchev–Trinajstić information content (AvgIpc) is 2.47. The van der Waals surface area contributed by atoms with Gasteiger partial charge in [-0.25, -0.2) is 9.82 Å². The van der Waals surface area contributed by atoms with E-state index in [-0.39, 0.29) is 5.69 Å². The molecule has 0 heterocycles. The summed E-state index contributed by atoms with van der Waals surface area (Å²) in [5.74, 6) is -2.39. The molecule has 7 heteroatoms. The van der Waals surface area contributed by atoms with E-state index in [1.54, 1.807) is 12.1 Å². The Balaban J connectivity index is 1.90. The van der Waals surface area contributed by atoms with E-state index in [4.69, 9.17) is 0 Å². The van der Waals surface area contributed by atoms with Crippen LogP contribution in [0.5, 0.6) is 0 Å². The number of amides is 2. The SMILES string of the molecule is O=C(N/N=C\c1cccc(Br)c1)C(=O)Nc1cccc(F)c1. The smallest absolute Gasteiger partial charge is 0.318 e. The minimum Gasteiger partial charge on any atom is -0.318 e. The molecule has 2 aromatic carbocycles. The maximum Gasteiger partial charge on any atom is 0.329 e. The molecule has 2 aromatic rings. The predicted octanol–water partition coefficient (Wildman–Crippen LogP) is 2.68. The highest BCUT2D eigenvalue weighted by Gasteiger charge is 2.12. The fourth-order valence-electron chi connectivity index (χ4n) is 1.56. The molecule has 112 valence electrons. The van der Waals surface area contributed by atoms with E-state index in [0.29, 0.717) is 0 Å². The molecule has 0 unspecified atom stereocenters. The zero-order valence-corrected chi connectivity index (χ0v) is 12.8. The van der Waals surface area contributed by atoms with E-state index in [0.717, 1.165) is 16.1 Å². The predicted molar refractivity (Wildman–Crippen MR) is 84.9 cm³/mol. The Morgan fingerprint density at radius 3 is 2.59 bits per heavy atom. The number of rotatable bonds is 3. The summed E-state index contributed by atoms with van der Waals surface area (Å²) in [6.45, 7) is 0. The second-order valence-corrected chi connectivity index (χ2v) is 5.13. The van der Waals surface area contributed by atoms with E-state index >= 15 is 0 Å². The fourth-order valence-corrected chi connectivity index (χ4v) is 1.97. The van der Waals surface area contributed by atoms with Crippen LogP contribution in [0.2, 0.25) is 0 Å². The minimum atomic E-state index is -0.949. The molecule has 0 atom stereocenters. The number of nitrogens with zero attached hydrogens (tertiary/aromatic N) is 1. The van der Waals surface area contributed by atoms with Crippen molar-refractivity contribution in [3.05, 3.63) is 64.4 Å². The van der Waals surface area contributed by atoms with Crippen molar-refractivity contribution in [2.24, 2.45) is 5.10 Å². The number of nitrogens with one attached hydrogen (secondary N) is 2. The van der Waals surface area contributed by atoms with Gasteiger partial charge in [0.05, 0.1) is 6.21 Å². The quantitative estimate of drug-likeness (QED) is 0.500. The highest BCUT2D eigenvalue weighted by Crippen LogP contribution is 2.10. The van der Waals surface area contributed by atoms with Crippen LogP contribution in [0, 0.1) is 5.82 Å². The van der Waals surface area contributed by atoms with Gasteiger partial charge in [0.15, 0.2) is 0 Å². The van der Waals surface area contributed by atoms with Crippen molar-refractivity contribution in [3.63, 3.8) is 0 Å². The molecule has 0 saturated carbocycles. The van der Waals surface area contributed by atoms with Crippen molar-refractivity contribution >= 4 is 39.6 Å². The molecular weight excluding hydrogens is 353 g/mol. The van der Waals surface area contributed by atoms with Crippen LogP contribution >= 0.6 is 15.9 Å². The van der Waals surface area contributed by atoms with Crippen molar-refractivity contribution in [3.8, 4) is 0 Å². The Labute approximate surface area is 134 Å². The lowest BCUT2D eigenvalue weighted by atomic mass is 10.2. The molecule has 22 heavy (non-hydrogen) atoms. The van der Waals surface area contributed by atoms with Gasteiger partial charge >= 0.3 is 11.8 Å². The number of carbonyl (C=O) groups excluding carboxylic acids is 2. The molecule has 2 N–H and O–H groups in total. The lowest BCUT2D eigenvalue weighted by Gasteiger charge is -2.03. The Hall–Kier alpha value is -2.54. The first-order valence-corrected chi connectivity index (χ1v) is 6.99. The Bertz CT molecular complexity index is 734. The standard InChI is InChI=1S/C15H11BrFN3O2/c16-11-4-1-3-10(7-11)9-18-20-15(22)14(21)19-13-6-2-5-12(17)8-13/h1-9H,(H,19,21)(H,20,22)/b18-9-. The molecule has 0 spiro atoms. The highest BCUT2D eigenvalue weighted by atomic mass is 79.9. The zero-order chi connectivity index (χ0) is 15.9. The van der Waals surface area contributed by atoms with E-state index in [1.807, 2.05) is 12.1 Å². The fraction of sp³-hybridized carbons (Fsp3) is 0. The molecule has 0 bridgehead atoms. The highest BCUT2D eigenvalue weighted by molar-refractivity contribution is 9.10. The summed E-state index contributed by atoms with van der Waals surface area (Å²) in [6.07, 6.45) is 1.40. The van der Waals surface area contributed by atoms with Crippen molar-refractivity contribution in [1.29, 1.82) is 0 Å². The Morgan fingerprint density at radius 1 is 1.09 bits per heavy atom. The molecule has 2 amide bonds. The maximum atomic E-state index is 13.0. The maximum absolute atomic E-state index is 13.0. The first kappa shape index (κ1) is 15.8. The number of halogens is 2. The summed E-state index contributed by atoms with van der Waals surface area (Å²) < 4.78 is 13.8. The van der Waals surface area contributed by atoms with Gasteiger partial charge in [-0.15, -0.1) is 0 Å². The largest absolute Gasteiger partial charge is 0.329 e. The van der Waals surface area contributed by atoms with Crippen LogP contribution in [0.25, 0.3) is 0 Å². The van der Waals surface area contributed by atoms with Gasteiger partial charge in [0.25, 0.3) is 0 Å². The first-order chi connectivity index (χ1) is 10.5. The topological polar surface area (TPSA) is 70.6 Å². The summed E-state index contributed by atoms with van der Waals surface area (Å²) in [5, 5.41) is 5.95. The summed E-state index contributed by atoms with van der Waals surface area (Å²) in [6, 6.07) is 12.5. The van der Waals surface area contributed by atoms with Gasteiger partial charge in [0, 0.05) is 10.2 Å². The van der Waals surface area contributed by atoms with Crippen LogP contribution in [-0.2, 0) is 9.59 Å². The van der Waals surface area contributed by atoms with Crippen LogP contribution < -0.4 is 10.7 Å². The number of hydrogen-bond acceptors (Lipinski definition) is 3. The van der Waals surface area contributed by atoms with E-state index in [2.05, 4.69) is 31.8 Å². The zero-order valence-electron chi connectivity index (χ0n) is 11.2. The minimum absolute atomic E-state index is 0.191. The van der Waals surface area contributed by atoms with E-state index < -0.39 is 17.6 Å². The number of hydrogen-bond donors (Lipinski definition) is 2. The molecule has 2 rings (SSSR count). The molecule has 0 aliphatic rings. The van der Waals surface area contributed by atoms with Gasteiger partial charge in [0.2, 0.25) is 0 Å². The number of benzene rings is 2. The molecule has 0 aliphatic heterocycles. The second-order valence-electron chi connectivity index (χ2n) is 4.22.